The maximum Gasteiger partial charge on any atom is 0.707 e. The highest BCUT2D eigenvalue weighted by Gasteiger charge is 2.18. The lowest BCUT2D eigenvalue weighted by Gasteiger charge is -2.18. The molecule has 106 valence electrons. The van der Waals surface area contributed by atoms with E-state index in [1.54, 1.807) is 0 Å². The van der Waals surface area contributed by atoms with Crippen LogP contribution in [0.2, 0.25) is 0 Å². The second-order valence-electron chi connectivity index (χ2n) is 4.87. The van der Waals surface area contributed by atoms with E-state index in [9.17, 15) is 0 Å². The Labute approximate surface area is 116 Å². The van der Waals surface area contributed by atoms with Crippen LogP contribution in [-0.2, 0) is 19.3 Å². The fourth-order valence-electron chi connectivity index (χ4n) is 2.53. The summed E-state index contributed by atoms with van der Waals surface area (Å²) in [6.07, 6.45) is 6.21. The molecule has 19 heavy (non-hydrogen) atoms. The van der Waals surface area contributed by atoms with Crippen LogP contribution in [0.15, 0.2) is 12.1 Å². The Bertz CT molecular complexity index is 391. The summed E-state index contributed by atoms with van der Waals surface area (Å²) in [6.45, 7) is 6.47. The molecular formula is C15H25BO3. The number of hydrogen-bond acceptors (Lipinski definition) is 3. The van der Waals surface area contributed by atoms with Crippen molar-refractivity contribution in [3.63, 3.8) is 0 Å². The molecule has 0 aliphatic carbocycles. The van der Waals surface area contributed by atoms with Gasteiger partial charge in [-0.25, -0.2) is 0 Å². The van der Waals surface area contributed by atoms with Crippen molar-refractivity contribution in [3.8, 4) is 5.75 Å². The minimum Gasteiger partial charge on any atom is -0.512 e. The molecule has 0 bridgehead atoms. The molecule has 0 radical (unpaired) electrons. The van der Waals surface area contributed by atoms with Crippen molar-refractivity contribution < 1.29 is 14.7 Å². The number of hydrogen-bond donors (Lipinski definition) is 2. The van der Waals surface area contributed by atoms with Crippen LogP contribution in [-0.4, -0.2) is 17.4 Å². The van der Waals surface area contributed by atoms with Crippen molar-refractivity contribution in [1.29, 1.82) is 0 Å². The lowest BCUT2D eigenvalue weighted by atomic mass is 9.91. The van der Waals surface area contributed by atoms with Crippen LogP contribution >= 0.6 is 0 Å². The molecular weight excluding hydrogens is 239 g/mol. The Morgan fingerprint density at radius 3 is 2.00 bits per heavy atom. The summed E-state index contributed by atoms with van der Waals surface area (Å²) in [5, 5.41) is 18.1. The molecule has 0 unspecified atom stereocenters. The molecule has 0 saturated carbocycles. The minimum atomic E-state index is -1.75. The topological polar surface area (TPSA) is 49.7 Å². The van der Waals surface area contributed by atoms with Gasteiger partial charge in [0.15, 0.2) is 0 Å². The van der Waals surface area contributed by atoms with Gasteiger partial charge in [0.25, 0.3) is 0 Å². The average molecular weight is 264 g/mol. The van der Waals surface area contributed by atoms with E-state index < -0.39 is 7.32 Å². The van der Waals surface area contributed by atoms with Gasteiger partial charge in [-0.3, -0.25) is 0 Å². The van der Waals surface area contributed by atoms with Crippen LogP contribution in [0.5, 0.6) is 5.75 Å². The van der Waals surface area contributed by atoms with Crippen molar-refractivity contribution in [2.24, 2.45) is 0 Å². The van der Waals surface area contributed by atoms with Gasteiger partial charge in [-0.05, 0) is 42.0 Å². The van der Waals surface area contributed by atoms with E-state index in [0.29, 0.717) is 5.75 Å². The summed E-state index contributed by atoms with van der Waals surface area (Å²) >= 11 is 0. The second-order valence-corrected chi connectivity index (χ2v) is 4.87. The maximum atomic E-state index is 9.03. The monoisotopic (exact) mass is 264 g/mol. The van der Waals surface area contributed by atoms with Crippen molar-refractivity contribution in [2.75, 3.05) is 0 Å². The van der Waals surface area contributed by atoms with Crippen molar-refractivity contribution >= 4 is 7.32 Å². The summed E-state index contributed by atoms with van der Waals surface area (Å²) in [6, 6.07) is 3.93. The molecule has 0 saturated heterocycles. The lowest BCUT2D eigenvalue weighted by molar-refractivity contribution is 0.286. The van der Waals surface area contributed by atoms with Gasteiger partial charge in [0.2, 0.25) is 0 Å². The summed E-state index contributed by atoms with van der Waals surface area (Å²) in [7, 11) is -1.75. The van der Waals surface area contributed by atoms with E-state index in [-0.39, 0.29) is 0 Å². The Kier molecular flexibility index (Phi) is 6.96. The fourth-order valence-corrected chi connectivity index (χ4v) is 2.53. The molecule has 0 atom stereocenters. The van der Waals surface area contributed by atoms with E-state index >= 15 is 0 Å². The number of aryl methyl sites for hydroxylation is 1. The summed E-state index contributed by atoms with van der Waals surface area (Å²) in [5.41, 5.74) is 3.85. The van der Waals surface area contributed by atoms with E-state index in [1.165, 1.54) is 11.1 Å². The molecule has 1 aromatic carbocycles. The molecule has 0 fully saturated rings. The van der Waals surface area contributed by atoms with Gasteiger partial charge in [0.1, 0.15) is 5.75 Å². The van der Waals surface area contributed by atoms with E-state index in [0.717, 1.165) is 44.1 Å². The van der Waals surface area contributed by atoms with E-state index in [2.05, 4.69) is 26.8 Å². The van der Waals surface area contributed by atoms with Gasteiger partial charge < -0.3 is 14.7 Å². The van der Waals surface area contributed by atoms with Crippen LogP contribution in [0.3, 0.4) is 0 Å². The molecule has 3 nitrogen and oxygen atoms in total. The van der Waals surface area contributed by atoms with Crippen LogP contribution in [0.25, 0.3) is 0 Å². The molecule has 0 aliphatic heterocycles. The fraction of sp³-hybridized carbons (Fsp3) is 0.600. The molecule has 1 aromatic rings. The predicted molar refractivity (Wildman–Crippen MR) is 79.2 cm³/mol. The SMILES string of the molecule is CCCc1ccc(OB(O)O)c(CCC)c1CCC. The first-order valence-corrected chi connectivity index (χ1v) is 7.30. The zero-order chi connectivity index (χ0) is 14.3. The van der Waals surface area contributed by atoms with Gasteiger partial charge in [-0.1, -0.05) is 46.1 Å². The Balaban J connectivity index is 3.21. The predicted octanol–water partition coefficient (Wildman–Crippen LogP) is 2.89. The average Bonchev–Trinajstić information content (AvgIpc) is 2.36. The highest BCUT2D eigenvalue weighted by Crippen LogP contribution is 2.29. The van der Waals surface area contributed by atoms with Gasteiger partial charge in [0, 0.05) is 0 Å². The highest BCUT2D eigenvalue weighted by molar-refractivity contribution is 6.33. The third kappa shape index (κ3) is 4.55. The van der Waals surface area contributed by atoms with Crippen molar-refractivity contribution in [3.05, 3.63) is 28.8 Å². The molecule has 0 aliphatic rings. The largest absolute Gasteiger partial charge is 0.707 e. The van der Waals surface area contributed by atoms with Crippen LogP contribution in [0.4, 0.5) is 0 Å². The summed E-state index contributed by atoms with van der Waals surface area (Å²) < 4.78 is 5.13. The van der Waals surface area contributed by atoms with Crippen LogP contribution < -0.4 is 4.65 Å². The third-order valence-corrected chi connectivity index (χ3v) is 3.24. The first kappa shape index (κ1) is 16.1. The van der Waals surface area contributed by atoms with Crippen molar-refractivity contribution in [2.45, 2.75) is 59.3 Å². The minimum absolute atomic E-state index is 0.611. The normalized spacial score (nSPS) is 10.6. The highest BCUT2D eigenvalue weighted by atomic mass is 16.6. The number of rotatable bonds is 8. The Morgan fingerprint density at radius 1 is 0.895 bits per heavy atom. The van der Waals surface area contributed by atoms with Gasteiger partial charge >= 0.3 is 7.32 Å². The van der Waals surface area contributed by atoms with Crippen LogP contribution in [0.1, 0.15) is 56.7 Å². The van der Waals surface area contributed by atoms with Crippen molar-refractivity contribution in [1.82, 2.24) is 0 Å². The zero-order valence-corrected chi connectivity index (χ0v) is 12.3. The molecule has 0 heterocycles. The lowest BCUT2D eigenvalue weighted by Crippen LogP contribution is -2.22. The summed E-state index contributed by atoms with van der Waals surface area (Å²) in [4.78, 5) is 0. The molecule has 1 rings (SSSR count). The van der Waals surface area contributed by atoms with Crippen LogP contribution in [0, 0.1) is 0 Å². The molecule has 0 spiro atoms. The van der Waals surface area contributed by atoms with E-state index in [4.69, 9.17) is 14.7 Å². The Hall–Kier alpha value is -0.995. The molecule has 0 amide bonds. The summed E-state index contributed by atoms with van der Waals surface area (Å²) in [5.74, 6) is 0.611. The first-order valence-electron chi connectivity index (χ1n) is 7.30. The third-order valence-electron chi connectivity index (χ3n) is 3.24. The first-order chi connectivity index (χ1) is 9.13. The van der Waals surface area contributed by atoms with Gasteiger partial charge in [0.05, 0.1) is 0 Å². The zero-order valence-electron chi connectivity index (χ0n) is 12.3. The molecule has 4 heteroatoms. The molecule has 0 aromatic heterocycles. The smallest absolute Gasteiger partial charge is 0.512 e. The van der Waals surface area contributed by atoms with Gasteiger partial charge in [-0.15, -0.1) is 0 Å². The van der Waals surface area contributed by atoms with Gasteiger partial charge in [-0.2, -0.15) is 0 Å². The number of benzene rings is 1. The molecule has 2 N–H and O–H groups in total. The second kappa shape index (κ2) is 8.23. The standard InChI is InChI=1S/C15H25BO3/c1-4-7-12-10-11-15(19-16(17)18)14(9-6-3)13(12)8-5-2/h10-11,17-18H,4-9H2,1-3H3. The maximum absolute atomic E-state index is 9.03. The van der Waals surface area contributed by atoms with E-state index in [1.807, 2.05) is 6.07 Å². The Morgan fingerprint density at radius 2 is 1.47 bits per heavy atom. The quantitative estimate of drug-likeness (QED) is 0.710.